The van der Waals surface area contributed by atoms with Crippen molar-refractivity contribution in [3.05, 3.63) is 35.9 Å². The summed E-state index contributed by atoms with van der Waals surface area (Å²) in [6.45, 7) is 4.30. The molecule has 0 aliphatic heterocycles. The van der Waals surface area contributed by atoms with Gasteiger partial charge >= 0.3 is 0 Å². The van der Waals surface area contributed by atoms with Gasteiger partial charge in [0, 0.05) is 5.56 Å². The van der Waals surface area contributed by atoms with Gasteiger partial charge in [0.1, 0.15) is 0 Å². The largest absolute Gasteiger partial charge is 0.389 e. The second-order valence-electron chi connectivity index (χ2n) is 7.59. The third-order valence-electron chi connectivity index (χ3n) is 5.15. The predicted molar refractivity (Wildman–Crippen MR) is 114 cm³/mol. The van der Waals surface area contributed by atoms with E-state index in [1.165, 1.54) is 58.3 Å². The summed E-state index contributed by atoms with van der Waals surface area (Å²) >= 11 is 0. The molecule has 158 valence electrons. The Labute approximate surface area is 170 Å². The lowest BCUT2D eigenvalue weighted by atomic mass is 10.0. The van der Waals surface area contributed by atoms with Crippen molar-refractivity contribution in [1.82, 2.24) is 10.6 Å². The van der Waals surface area contributed by atoms with Crippen LogP contribution in [0.25, 0.3) is 0 Å². The highest BCUT2D eigenvalue weighted by atomic mass is 16.3. The zero-order valence-electron chi connectivity index (χ0n) is 17.6. The molecule has 1 aromatic rings. The molecule has 5 heteroatoms. The normalized spacial score (nSPS) is 14.2. The van der Waals surface area contributed by atoms with Gasteiger partial charge in [-0.1, -0.05) is 82.9 Å². The summed E-state index contributed by atoms with van der Waals surface area (Å²) in [6, 6.07) is 8.69. The van der Waals surface area contributed by atoms with Crippen molar-refractivity contribution >= 4 is 12.2 Å². The number of benzene rings is 1. The summed E-state index contributed by atoms with van der Waals surface area (Å²) in [5, 5.41) is 15.8. The zero-order valence-corrected chi connectivity index (χ0v) is 17.6. The fourth-order valence-electron chi connectivity index (χ4n) is 3.22. The fraction of sp³-hybridized carbons (Fsp3) is 0.652. The Bertz CT molecular complexity index is 548. The number of hydrogen-bond donors (Lipinski definition) is 3. The SMILES string of the molecule is CCCCCCCCCCCCN[C@](C=O)(NC(=O)c1ccccc1)[C@@H](C)O. The van der Waals surface area contributed by atoms with Crippen molar-refractivity contribution in [1.29, 1.82) is 0 Å². The number of nitrogens with one attached hydrogen (secondary N) is 2. The molecule has 0 aromatic heterocycles. The van der Waals surface area contributed by atoms with Gasteiger partial charge in [0.25, 0.3) is 5.91 Å². The van der Waals surface area contributed by atoms with Crippen molar-refractivity contribution in [3.8, 4) is 0 Å². The van der Waals surface area contributed by atoms with Crippen molar-refractivity contribution in [2.45, 2.75) is 89.8 Å². The Morgan fingerprint density at radius 3 is 2.04 bits per heavy atom. The molecule has 0 unspecified atom stereocenters. The molecular formula is C23H38N2O3. The predicted octanol–water partition coefficient (Wildman–Crippen LogP) is 4.20. The summed E-state index contributed by atoms with van der Waals surface area (Å²) < 4.78 is 0. The third kappa shape index (κ3) is 8.98. The Balaban J connectivity index is 2.32. The molecule has 0 aliphatic rings. The van der Waals surface area contributed by atoms with E-state index in [9.17, 15) is 14.7 Å². The molecule has 2 atom stereocenters. The van der Waals surface area contributed by atoms with Crippen molar-refractivity contribution in [2.75, 3.05) is 6.54 Å². The van der Waals surface area contributed by atoms with Crippen LogP contribution in [0.5, 0.6) is 0 Å². The van der Waals surface area contributed by atoms with Gasteiger partial charge < -0.3 is 10.4 Å². The molecular weight excluding hydrogens is 352 g/mol. The molecule has 1 rings (SSSR count). The van der Waals surface area contributed by atoms with E-state index < -0.39 is 11.8 Å². The minimum atomic E-state index is -1.47. The Morgan fingerprint density at radius 2 is 1.54 bits per heavy atom. The van der Waals surface area contributed by atoms with E-state index in [1.807, 2.05) is 6.07 Å². The van der Waals surface area contributed by atoms with E-state index in [2.05, 4.69) is 17.6 Å². The first kappa shape index (κ1) is 24.3. The fourth-order valence-corrected chi connectivity index (χ4v) is 3.22. The van der Waals surface area contributed by atoms with Gasteiger partial charge in [-0.3, -0.25) is 14.9 Å². The molecule has 1 aromatic carbocycles. The van der Waals surface area contributed by atoms with E-state index in [0.717, 1.165) is 12.8 Å². The number of carbonyl (C=O) groups is 2. The first-order valence-electron chi connectivity index (χ1n) is 10.8. The van der Waals surface area contributed by atoms with Crippen LogP contribution < -0.4 is 10.6 Å². The van der Waals surface area contributed by atoms with Crippen LogP contribution in [0.3, 0.4) is 0 Å². The van der Waals surface area contributed by atoms with Crippen LogP contribution in [0, 0.1) is 0 Å². The van der Waals surface area contributed by atoms with E-state index in [0.29, 0.717) is 18.4 Å². The maximum atomic E-state index is 12.4. The Morgan fingerprint density at radius 1 is 1.00 bits per heavy atom. The second-order valence-corrected chi connectivity index (χ2v) is 7.59. The van der Waals surface area contributed by atoms with Gasteiger partial charge in [-0.25, -0.2) is 0 Å². The lowest BCUT2D eigenvalue weighted by Crippen LogP contribution is -2.66. The van der Waals surface area contributed by atoms with Crippen LogP contribution in [0.2, 0.25) is 0 Å². The van der Waals surface area contributed by atoms with Crippen molar-refractivity contribution in [2.24, 2.45) is 0 Å². The van der Waals surface area contributed by atoms with Crippen LogP contribution in [-0.2, 0) is 4.79 Å². The van der Waals surface area contributed by atoms with Crippen molar-refractivity contribution in [3.63, 3.8) is 0 Å². The van der Waals surface area contributed by atoms with Gasteiger partial charge in [-0.05, 0) is 32.0 Å². The molecule has 0 bridgehead atoms. The summed E-state index contributed by atoms with van der Waals surface area (Å²) in [6.07, 6.45) is 11.9. The summed E-state index contributed by atoms with van der Waals surface area (Å²) in [5.41, 5.74) is -1.01. The number of hydrogen-bond acceptors (Lipinski definition) is 4. The smallest absolute Gasteiger partial charge is 0.253 e. The van der Waals surface area contributed by atoms with E-state index in [4.69, 9.17) is 0 Å². The standard InChI is InChI=1S/C23H38N2O3/c1-3-4-5-6-7-8-9-10-11-15-18-24-23(19-26,20(2)27)25-22(28)21-16-13-12-14-17-21/h12-14,16-17,19-20,24,27H,3-11,15,18H2,1-2H3,(H,25,28)/t20-,23-/m1/s1. The van der Waals surface area contributed by atoms with Crippen molar-refractivity contribution < 1.29 is 14.7 Å². The van der Waals surface area contributed by atoms with Gasteiger partial charge in [0.15, 0.2) is 11.9 Å². The summed E-state index contributed by atoms with van der Waals surface area (Å²) in [4.78, 5) is 24.1. The zero-order chi connectivity index (χ0) is 20.7. The van der Waals surface area contributed by atoms with Gasteiger partial charge in [0.05, 0.1) is 6.10 Å². The third-order valence-corrected chi connectivity index (χ3v) is 5.15. The highest BCUT2D eigenvalue weighted by Crippen LogP contribution is 2.11. The molecule has 0 saturated carbocycles. The Hall–Kier alpha value is -1.72. The molecule has 1 amide bonds. The van der Waals surface area contributed by atoms with Gasteiger partial charge in [-0.15, -0.1) is 0 Å². The minimum absolute atomic E-state index is 0.385. The average Bonchev–Trinajstić information content (AvgIpc) is 2.71. The average molecular weight is 391 g/mol. The van der Waals surface area contributed by atoms with Crippen LogP contribution in [0.4, 0.5) is 0 Å². The first-order chi connectivity index (χ1) is 13.6. The molecule has 0 aliphatic carbocycles. The summed E-state index contributed by atoms with van der Waals surface area (Å²) in [5.74, 6) is -0.385. The van der Waals surface area contributed by atoms with E-state index in [-0.39, 0.29) is 5.91 Å². The monoisotopic (exact) mass is 390 g/mol. The number of aldehydes is 1. The maximum absolute atomic E-state index is 12.4. The van der Waals surface area contributed by atoms with Crippen LogP contribution in [0.15, 0.2) is 30.3 Å². The molecule has 0 heterocycles. The molecule has 0 fully saturated rings. The topological polar surface area (TPSA) is 78.4 Å². The number of unbranched alkanes of at least 4 members (excludes halogenated alkanes) is 9. The number of carbonyl (C=O) groups excluding carboxylic acids is 2. The highest BCUT2D eigenvalue weighted by Gasteiger charge is 2.36. The van der Waals surface area contributed by atoms with Crippen LogP contribution >= 0.6 is 0 Å². The lowest BCUT2D eigenvalue weighted by Gasteiger charge is -2.33. The van der Waals surface area contributed by atoms with E-state index in [1.54, 1.807) is 24.3 Å². The van der Waals surface area contributed by atoms with Crippen LogP contribution in [0.1, 0.15) is 88.4 Å². The number of aliphatic hydroxyl groups excluding tert-OH is 1. The van der Waals surface area contributed by atoms with Gasteiger partial charge in [0.2, 0.25) is 0 Å². The molecule has 0 spiro atoms. The highest BCUT2D eigenvalue weighted by molar-refractivity contribution is 5.96. The lowest BCUT2D eigenvalue weighted by molar-refractivity contribution is -0.118. The molecule has 5 nitrogen and oxygen atoms in total. The number of rotatable bonds is 16. The first-order valence-corrected chi connectivity index (χ1v) is 10.8. The minimum Gasteiger partial charge on any atom is -0.389 e. The molecule has 0 saturated heterocycles. The molecule has 0 radical (unpaired) electrons. The Kier molecular flexibility index (Phi) is 12.4. The quantitative estimate of drug-likeness (QED) is 0.224. The van der Waals surface area contributed by atoms with E-state index >= 15 is 0 Å². The van der Waals surface area contributed by atoms with Gasteiger partial charge in [-0.2, -0.15) is 0 Å². The van der Waals surface area contributed by atoms with Crippen LogP contribution in [-0.4, -0.2) is 35.6 Å². The molecule has 3 N–H and O–H groups in total. The molecule has 28 heavy (non-hydrogen) atoms. The number of amides is 1. The second kappa shape index (κ2) is 14.3. The number of aliphatic hydroxyl groups is 1. The maximum Gasteiger partial charge on any atom is 0.253 e. The summed E-state index contributed by atoms with van der Waals surface area (Å²) in [7, 11) is 0.